The first-order chi connectivity index (χ1) is 14.0. The van der Waals surface area contributed by atoms with E-state index in [0.717, 1.165) is 51.4 Å². The van der Waals surface area contributed by atoms with Crippen molar-refractivity contribution in [2.75, 3.05) is 6.61 Å². The SMILES string of the molecule is CCCCCCCCC(CCCCCCCCCCCCCCCO)S(=O)(=O)[O-].[Na+]. The number of hydrogen-bond acceptors (Lipinski definition) is 4. The molecule has 1 N–H and O–H groups in total. The van der Waals surface area contributed by atoms with E-state index in [4.69, 9.17) is 5.11 Å². The first-order valence-corrected chi connectivity index (χ1v) is 14.0. The smallest absolute Gasteiger partial charge is 0.748 e. The maximum atomic E-state index is 11.5. The van der Waals surface area contributed by atoms with Gasteiger partial charge in [0, 0.05) is 11.9 Å². The Kier molecular flexibility index (Phi) is 27.0. The van der Waals surface area contributed by atoms with Crippen LogP contribution >= 0.6 is 0 Å². The van der Waals surface area contributed by atoms with Crippen molar-refractivity contribution in [1.82, 2.24) is 0 Å². The fourth-order valence-electron chi connectivity index (χ4n) is 4.01. The van der Waals surface area contributed by atoms with Crippen molar-refractivity contribution < 1.29 is 47.6 Å². The van der Waals surface area contributed by atoms with Crippen molar-refractivity contribution in [1.29, 1.82) is 0 Å². The number of hydrogen-bond donors (Lipinski definition) is 1. The molecule has 0 aromatic rings. The second-order valence-electron chi connectivity index (χ2n) is 8.78. The van der Waals surface area contributed by atoms with Crippen molar-refractivity contribution in [3.05, 3.63) is 0 Å². The molecule has 1 atom stereocenters. The van der Waals surface area contributed by atoms with Crippen LogP contribution in [0.1, 0.15) is 142 Å². The van der Waals surface area contributed by atoms with E-state index in [1.54, 1.807) is 0 Å². The molecule has 30 heavy (non-hydrogen) atoms. The zero-order chi connectivity index (χ0) is 21.6. The van der Waals surface area contributed by atoms with E-state index in [9.17, 15) is 13.0 Å². The molecular weight excluding hydrogens is 407 g/mol. The van der Waals surface area contributed by atoms with Gasteiger partial charge in [-0.25, -0.2) is 8.42 Å². The van der Waals surface area contributed by atoms with Gasteiger partial charge in [0.1, 0.15) is 0 Å². The predicted octanol–water partition coefficient (Wildman–Crippen LogP) is 4.11. The number of unbranched alkanes of at least 4 members (excludes halogenated alkanes) is 17. The Hall–Kier alpha value is 0.870. The summed E-state index contributed by atoms with van der Waals surface area (Å²) in [6.07, 6.45) is 23.3. The monoisotopic (exact) mass is 456 g/mol. The van der Waals surface area contributed by atoms with E-state index in [1.807, 2.05) is 0 Å². The molecule has 0 radical (unpaired) electrons. The topological polar surface area (TPSA) is 77.4 Å². The zero-order valence-corrected chi connectivity index (χ0v) is 23.0. The van der Waals surface area contributed by atoms with E-state index in [-0.39, 0.29) is 29.6 Å². The van der Waals surface area contributed by atoms with Gasteiger partial charge in [0.15, 0.2) is 0 Å². The second-order valence-corrected chi connectivity index (χ2v) is 10.4. The summed E-state index contributed by atoms with van der Waals surface area (Å²) in [5.41, 5.74) is 0. The van der Waals surface area contributed by atoms with Gasteiger partial charge >= 0.3 is 29.6 Å². The van der Waals surface area contributed by atoms with E-state index in [1.165, 1.54) is 70.6 Å². The summed E-state index contributed by atoms with van der Waals surface area (Å²) in [7, 11) is -4.14. The Morgan fingerprint density at radius 2 is 0.900 bits per heavy atom. The van der Waals surface area contributed by atoms with Crippen LogP contribution in [0.5, 0.6) is 0 Å². The van der Waals surface area contributed by atoms with E-state index >= 15 is 0 Å². The molecule has 0 fully saturated rings. The molecule has 0 aliphatic carbocycles. The summed E-state index contributed by atoms with van der Waals surface area (Å²) in [5, 5.41) is 8.07. The Balaban J connectivity index is 0. The largest absolute Gasteiger partial charge is 1.00 e. The first-order valence-electron chi connectivity index (χ1n) is 12.6. The number of aliphatic hydroxyl groups excluding tert-OH is 1. The van der Waals surface area contributed by atoms with Crippen LogP contribution in [-0.4, -0.2) is 29.9 Å². The van der Waals surface area contributed by atoms with Gasteiger partial charge < -0.3 is 9.66 Å². The van der Waals surface area contributed by atoms with Gasteiger partial charge in [-0.05, 0) is 19.3 Å². The second kappa shape index (κ2) is 24.5. The maximum absolute atomic E-state index is 11.5. The van der Waals surface area contributed by atoms with Gasteiger partial charge in [0.05, 0.1) is 10.1 Å². The Labute approximate surface area is 210 Å². The number of aliphatic hydroxyl groups is 1. The van der Waals surface area contributed by atoms with Crippen LogP contribution in [0.25, 0.3) is 0 Å². The van der Waals surface area contributed by atoms with Crippen molar-refractivity contribution in [2.45, 2.75) is 147 Å². The van der Waals surface area contributed by atoms with Crippen LogP contribution in [0.15, 0.2) is 0 Å². The van der Waals surface area contributed by atoms with Gasteiger partial charge in [-0.15, -0.1) is 0 Å². The summed E-state index contributed by atoms with van der Waals surface area (Å²) >= 11 is 0. The summed E-state index contributed by atoms with van der Waals surface area (Å²) in [4.78, 5) is 0. The Morgan fingerprint density at radius 3 is 1.20 bits per heavy atom. The predicted molar refractivity (Wildman–Crippen MR) is 123 cm³/mol. The van der Waals surface area contributed by atoms with Crippen LogP contribution < -0.4 is 29.6 Å². The molecule has 0 saturated carbocycles. The molecular formula is C24H49NaO4S. The summed E-state index contributed by atoms with van der Waals surface area (Å²) in [5.74, 6) is 0. The molecule has 4 nitrogen and oxygen atoms in total. The molecule has 0 amide bonds. The van der Waals surface area contributed by atoms with Crippen molar-refractivity contribution in [3.8, 4) is 0 Å². The Morgan fingerprint density at radius 1 is 0.600 bits per heavy atom. The Bertz CT molecular complexity index is 429. The van der Waals surface area contributed by atoms with Gasteiger partial charge in [0.2, 0.25) is 0 Å². The summed E-state index contributed by atoms with van der Waals surface area (Å²) < 4.78 is 34.5. The van der Waals surface area contributed by atoms with Crippen LogP contribution in [0.4, 0.5) is 0 Å². The van der Waals surface area contributed by atoms with Gasteiger partial charge in [-0.1, -0.05) is 122 Å². The molecule has 0 heterocycles. The van der Waals surface area contributed by atoms with Crippen LogP contribution in [0.3, 0.4) is 0 Å². The normalized spacial score (nSPS) is 12.6. The standard InChI is InChI=1S/C24H50O4S.Na/c1-2-3-4-5-15-18-21-24(29(26,27)28)22-19-16-13-11-9-7-6-8-10-12-14-17-20-23-25;/h24-25H,2-23H2,1H3,(H,26,27,28);/q;+1/p-1. The van der Waals surface area contributed by atoms with Gasteiger partial charge in [-0.3, -0.25) is 0 Å². The number of rotatable bonds is 23. The van der Waals surface area contributed by atoms with Crippen molar-refractivity contribution in [2.24, 2.45) is 0 Å². The fraction of sp³-hybridized carbons (Fsp3) is 1.00. The fourth-order valence-corrected chi connectivity index (χ4v) is 4.92. The van der Waals surface area contributed by atoms with E-state index < -0.39 is 15.4 Å². The molecule has 0 aliphatic rings. The average Bonchev–Trinajstić information content (AvgIpc) is 2.68. The van der Waals surface area contributed by atoms with Gasteiger partial charge in [-0.2, -0.15) is 0 Å². The minimum absolute atomic E-state index is 0. The first kappa shape index (κ1) is 33.0. The third-order valence-corrected chi connectivity index (χ3v) is 7.26. The third-order valence-electron chi connectivity index (χ3n) is 5.97. The molecule has 0 spiro atoms. The minimum Gasteiger partial charge on any atom is -0.748 e. The minimum atomic E-state index is -4.14. The zero-order valence-electron chi connectivity index (χ0n) is 20.2. The van der Waals surface area contributed by atoms with Crippen LogP contribution in [-0.2, 0) is 10.1 Å². The molecule has 176 valence electrons. The molecule has 0 saturated heterocycles. The van der Waals surface area contributed by atoms with Crippen LogP contribution in [0.2, 0.25) is 0 Å². The van der Waals surface area contributed by atoms with E-state index in [0.29, 0.717) is 19.4 Å². The van der Waals surface area contributed by atoms with Crippen molar-refractivity contribution >= 4 is 10.1 Å². The van der Waals surface area contributed by atoms with Crippen LogP contribution in [0, 0.1) is 0 Å². The maximum Gasteiger partial charge on any atom is 1.00 e. The quantitative estimate of drug-likeness (QED) is 0.143. The van der Waals surface area contributed by atoms with E-state index in [2.05, 4.69) is 6.92 Å². The molecule has 6 heteroatoms. The molecule has 0 aromatic carbocycles. The van der Waals surface area contributed by atoms with Crippen molar-refractivity contribution in [3.63, 3.8) is 0 Å². The summed E-state index contributed by atoms with van der Waals surface area (Å²) in [6.45, 7) is 2.51. The molecule has 0 aromatic heterocycles. The molecule has 1 unspecified atom stereocenters. The third kappa shape index (κ3) is 23.5. The average molecular weight is 457 g/mol. The summed E-state index contributed by atoms with van der Waals surface area (Å²) in [6, 6.07) is 0. The molecule has 0 bridgehead atoms. The molecule has 0 rings (SSSR count). The van der Waals surface area contributed by atoms with Gasteiger partial charge in [0.25, 0.3) is 0 Å². The molecule has 0 aliphatic heterocycles.